The minimum Gasteiger partial charge on any atom is -0.493 e. The number of methoxy groups -OCH3 is 3. The minimum atomic E-state index is -0.641. The summed E-state index contributed by atoms with van der Waals surface area (Å²) in [6, 6.07) is 11.5. The van der Waals surface area contributed by atoms with E-state index in [0.717, 1.165) is 36.0 Å². The normalized spacial score (nSPS) is 17.1. The maximum absolute atomic E-state index is 13.1. The fourth-order valence-electron chi connectivity index (χ4n) is 4.82. The van der Waals surface area contributed by atoms with Gasteiger partial charge in [-0.3, -0.25) is 9.59 Å². The lowest BCUT2D eigenvalue weighted by Crippen LogP contribution is -2.66. The highest BCUT2D eigenvalue weighted by Gasteiger charge is 2.46. The number of unbranched alkanes of at least 4 members (excludes halogenated alkanes) is 4. The molecule has 3 rings (SSSR count). The lowest BCUT2D eigenvalue weighted by Gasteiger charge is -2.37. The van der Waals surface area contributed by atoms with Crippen LogP contribution in [-0.4, -0.2) is 69.7 Å². The molecule has 3 amide bonds. The average molecular weight is 527 g/mol. The summed E-state index contributed by atoms with van der Waals surface area (Å²) in [6.45, 7) is 3.65. The topological polar surface area (TPSA) is 103 Å². The molecule has 0 aromatic heterocycles. The van der Waals surface area contributed by atoms with Crippen molar-refractivity contribution in [2.24, 2.45) is 0 Å². The van der Waals surface area contributed by atoms with E-state index in [9.17, 15) is 14.4 Å². The van der Waals surface area contributed by atoms with E-state index in [1.807, 2.05) is 36.4 Å². The fraction of sp³-hybridized carbons (Fsp3) is 0.483. The molecule has 1 fully saturated rings. The largest absolute Gasteiger partial charge is 0.493 e. The van der Waals surface area contributed by atoms with Gasteiger partial charge in [-0.1, -0.05) is 56.9 Å². The zero-order valence-corrected chi connectivity index (χ0v) is 22.9. The van der Waals surface area contributed by atoms with Gasteiger partial charge in [0.15, 0.2) is 18.0 Å². The number of carbonyl (C=O) groups is 3. The van der Waals surface area contributed by atoms with Gasteiger partial charge >= 0.3 is 11.8 Å². The van der Waals surface area contributed by atoms with Crippen molar-refractivity contribution in [2.45, 2.75) is 45.6 Å². The molecule has 206 valence electrons. The molecule has 38 heavy (non-hydrogen) atoms. The van der Waals surface area contributed by atoms with Crippen molar-refractivity contribution in [3.8, 4) is 28.4 Å². The van der Waals surface area contributed by atoms with Crippen LogP contribution in [0.5, 0.6) is 17.2 Å². The van der Waals surface area contributed by atoms with Crippen molar-refractivity contribution >= 4 is 17.7 Å². The highest BCUT2D eigenvalue weighted by Crippen LogP contribution is 2.41. The second-order valence-electron chi connectivity index (χ2n) is 9.62. The molecule has 1 heterocycles. The first-order chi connectivity index (χ1) is 18.4. The van der Waals surface area contributed by atoms with Crippen LogP contribution in [0.25, 0.3) is 11.1 Å². The maximum Gasteiger partial charge on any atom is 0.404 e. The van der Waals surface area contributed by atoms with Crippen molar-refractivity contribution in [2.75, 3.05) is 47.5 Å². The summed E-state index contributed by atoms with van der Waals surface area (Å²) in [6.07, 6.45) is 5.48. The van der Waals surface area contributed by atoms with Crippen LogP contribution in [0.15, 0.2) is 36.4 Å². The highest BCUT2D eigenvalue weighted by atomic mass is 16.5. The average Bonchev–Trinajstić information content (AvgIpc) is 2.93. The molecule has 0 aliphatic carbocycles. The molecular formula is C29H40N3O6+. The molecule has 9 heteroatoms. The van der Waals surface area contributed by atoms with Gasteiger partial charge in [-0.2, -0.15) is 0 Å². The molecule has 0 saturated carbocycles. The molecule has 1 aliphatic rings. The summed E-state index contributed by atoms with van der Waals surface area (Å²) in [5, 5.41) is 5.55. The fourth-order valence-corrected chi connectivity index (χ4v) is 4.82. The van der Waals surface area contributed by atoms with Crippen LogP contribution < -0.4 is 24.8 Å². The number of nitrogens with one attached hydrogen (secondary N) is 2. The third kappa shape index (κ3) is 7.04. The molecule has 0 bridgehead atoms. The summed E-state index contributed by atoms with van der Waals surface area (Å²) in [4.78, 5) is 38.2. The summed E-state index contributed by atoms with van der Waals surface area (Å²) < 4.78 is 16.1. The number of ether oxygens (including phenoxy) is 3. The SMILES string of the molecule is CCCCCCCNC(=O)C[N+]1(Cc2ccc(-c3cc(OC)c(OC)c(OC)c3)cc2)CCNC(=O)C1=O. The Bertz CT molecular complexity index is 1090. The van der Waals surface area contributed by atoms with Crippen LogP contribution >= 0.6 is 0 Å². The Morgan fingerprint density at radius 1 is 0.921 bits per heavy atom. The Morgan fingerprint density at radius 2 is 1.58 bits per heavy atom. The van der Waals surface area contributed by atoms with Crippen LogP contribution in [-0.2, 0) is 20.9 Å². The summed E-state index contributed by atoms with van der Waals surface area (Å²) in [5.74, 6) is 0.190. The molecule has 0 radical (unpaired) electrons. The Kier molecular flexibility index (Phi) is 10.5. The zero-order valence-electron chi connectivity index (χ0n) is 22.9. The van der Waals surface area contributed by atoms with E-state index in [-0.39, 0.29) is 23.5 Å². The van der Waals surface area contributed by atoms with Crippen LogP contribution in [0.2, 0.25) is 0 Å². The smallest absolute Gasteiger partial charge is 0.404 e. The summed E-state index contributed by atoms with van der Waals surface area (Å²) >= 11 is 0. The second kappa shape index (κ2) is 13.8. The lowest BCUT2D eigenvalue weighted by molar-refractivity contribution is -0.857. The molecule has 9 nitrogen and oxygen atoms in total. The van der Waals surface area contributed by atoms with Gasteiger partial charge in [0.25, 0.3) is 5.91 Å². The van der Waals surface area contributed by atoms with Gasteiger partial charge in [-0.15, -0.1) is 0 Å². The number of benzene rings is 2. The Balaban J connectivity index is 1.76. The number of nitrogens with zero attached hydrogens (tertiary/aromatic N) is 1. The molecule has 2 N–H and O–H groups in total. The molecule has 1 atom stereocenters. The van der Waals surface area contributed by atoms with Gasteiger partial charge in [-0.25, -0.2) is 9.28 Å². The minimum absolute atomic E-state index is 0.0597. The van der Waals surface area contributed by atoms with Gasteiger partial charge in [0, 0.05) is 12.1 Å². The molecule has 1 unspecified atom stereocenters. The monoisotopic (exact) mass is 526 g/mol. The highest BCUT2D eigenvalue weighted by molar-refractivity contribution is 6.32. The quantitative estimate of drug-likeness (QED) is 0.222. The maximum atomic E-state index is 13.1. The first kappa shape index (κ1) is 29.0. The van der Waals surface area contributed by atoms with E-state index in [2.05, 4.69) is 17.6 Å². The first-order valence-electron chi connectivity index (χ1n) is 13.2. The van der Waals surface area contributed by atoms with E-state index in [4.69, 9.17) is 14.2 Å². The van der Waals surface area contributed by atoms with E-state index < -0.39 is 11.8 Å². The van der Waals surface area contributed by atoms with E-state index >= 15 is 0 Å². The number of hydrogen-bond acceptors (Lipinski definition) is 6. The Morgan fingerprint density at radius 3 is 2.18 bits per heavy atom. The van der Waals surface area contributed by atoms with Gasteiger partial charge in [0.1, 0.15) is 13.1 Å². The second-order valence-corrected chi connectivity index (χ2v) is 9.62. The first-order valence-corrected chi connectivity index (χ1v) is 13.2. The lowest BCUT2D eigenvalue weighted by atomic mass is 10.0. The van der Waals surface area contributed by atoms with Gasteiger partial charge in [0.2, 0.25) is 5.75 Å². The molecular weight excluding hydrogens is 486 g/mol. The van der Waals surface area contributed by atoms with E-state index in [1.165, 1.54) is 12.8 Å². The Labute approximate surface area is 225 Å². The molecule has 2 aromatic rings. The van der Waals surface area contributed by atoms with Crippen LogP contribution in [0.3, 0.4) is 0 Å². The van der Waals surface area contributed by atoms with Gasteiger partial charge in [-0.05, 0) is 29.7 Å². The van der Waals surface area contributed by atoms with Gasteiger partial charge < -0.3 is 24.8 Å². The van der Waals surface area contributed by atoms with Crippen LogP contribution in [0.4, 0.5) is 0 Å². The molecule has 1 aliphatic heterocycles. The molecule has 2 aromatic carbocycles. The van der Waals surface area contributed by atoms with Crippen molar-refractivity contribution < 1.29 is 33.1 Å². The number of carbonyl (C=O) groups excluding carboxylic acids is 3. The number of piperazine rings is 1. The third-order valence-electron chi connectivity index (χ3n) is 6.94. The third-order valence-corrected chi connectivity index (χ3v) is 6.94. The van der Waals surface area contributed by atoms with Crippen LogP contribution in [0, 0.1) is 0 Å². The van der Waals surface area contributed by atoms with Crippen molar-refractivity contribution in [1.82, 2.24) is 10.6 Å². The van der Waals surface area contributed by atoms with Crippen molar-refractivity contribution in [1.29, 1.82) is 0 Å². The predicted octanol–water partition coefficient (Wildman–Crippen LogP) is 3.44. The van der Waals surface area contributed by atoms with E-state index in [0.29, 0.717) is 36.9 Å². The van der Waals surface area contributed by atoms with Crippen molar-refractivity contribution in [3.63, 3.8) is 0 Å². The predicted molar refractivity (Wildman–Crippen MR) is 145 cm³/mol. The standard InChI is InChI=1S/C29H39N3O6/c1-5-6-7-8-9-14-30-26(33)20-32(16-15-31-28(34)29(32)35)19-21-10-12-22(13-11-21)23-17-24(36-2)27(38-4)25(18-23)37-3/h10-13,17-18H,5-9,14-16,19-20H2,1-4H3,(H-,30,31,33,34)/p+1. The zero-order chi connectivity index (χ0) is 27.5. The van der Waals surface area contributed by atoms with Crippen molar-refractivity contribution in [3.05, 3.63) is 42.0 Å². The molecule has 1 saturated heterocycles. The summed E-state index contributed by atoms with van der Waals surface area (Å²) in [5.41, 5.74) is 2.65. The number of rotatable bonds is 14. The number of hydrogen-bond donors (Lipinski definition) is 2. The molecule has 0 spiro atoms. The summed E-state index contributed by atoms with van der Waals surface area (Å²) in [7, 11) is 4.70. The number of amides is 3. The van der Waals surface area contributed by atoms with Gasteiger partial charge in [0.05, 0.1) is 27.9 Å². The Hall–Kier alpha value is -3.59. The number of quaternary nitrogens is 1. The van der Waals surface area contributed by atoms with E-state index in [1.54, 1.807) is 21.3 Å². The van der Waals surface area contributed by atoms with Crippen LogP contribution in [0.1, 0.15) is 44.6 Å².